The topological polar surface area (TPSA) is 63.3 Å². The van der Waals surface area contributed by atoms with Gasteiger partial charge in [-0.25, -0.2) is 4.79 Å². The Labute approximate surface area is 103 Å². The van der Waals surface area contributed by atoms with Crippen LogP contribution >= 0.6 is 0 Å². The normalized spacial score (nSPS) is 10.9. The van der Waals surface area contributed by atoms with E-state index < -0.39 is 5.97 Å². The van der Waals surface area contributed by atoms with Gasteiger partial charge in [0.15, 0.2) is 0 Å². The zero-order chi connectivity index (χ0) is 12.7. The van der Waals surface area contributed by atoms with E-state index in [-0.39, 0.29) is 5.56 Å². The molecule has 0 saturated heterocycles. The smallest absolute Gasteiger partial charge is 0.335 e. The molecule has 0 heterocycles. The van der Waals surface area contributed by atoms with Crippen molar-refractivity contribution in [2.75, 3.05) is 5.73 Å². The van der Waals surface area contributed by atoms with E-state index in [4.69, 9.17) is 10.8 Å². The lowest BCUT2D eigenvalue weighted by Gasteiger charge is -2.05. The molecule has 0 atom stereocenters. The van der Waals surface area contributed by atoms with Crippen LogP contribution in [-0.2, 0) is 0 Å². The number of benzene rings is 3. The van der Waals surface area contributed by atoms with Gasteiger partial charge in [-0.15, -0.1) is 0 Å². The molecule has 0 aromatic heterocycles. The van der Waals surface area contributed by atoms with Crippen LogP contribution in [0.3, 0.4) is 0 Å². The van der Waals surface area contributed by atoms with Crippen molar-refractivity contribution in [1.29, 1.82) is 0 Å². The first-order chi connectivity index (χ1) is 8.65. The average Bonchev–Trinajstić information content (AvgIpc) is 2.36. The lowest BCUT2D eigenvalue weighted by Crippen LogP contribution is -1.95. The highest BCUT2D eigenvalue weighted by molar-refractivity contribution is 6.04. The number of carbonyl (C=O) groups is 1. The Kier molecular flexibility index (Phi) is 2.20. The summed E-state index contributed by atoms with van der Waals surface area (Å²) in [7, 11) is 0. The fourth-order valence-corrected chi connectivity index (χ4v) is 2.18. The minimum atomic E-state index is -0.918. The molecule has 3 nitrogen and oxygen atoms in total. The van der Waals surface area contributed by atoms with Crippen LogP contribution in [-0.4, -0.2) is 11.1 Å². The minimum absolute atomic E-state index is 0.288. The van der Waals surface area contributed by atoms with Crippen molar-refractivity contribution in [2.45, 2.75) is 0 Å². The predicted octanol–water partition coefficient (Wildman–Crippen LogP) is 3.27. The molecule has 3 aromatic carbocycles. The largest absolute Gasteiger partial charge is 0.478 e. The van der Waals surface area contributed by atoms with E-state index in [2.05, 4.69) is 0 Å². The van der Waals surface area contributed by atoms with Gasteiger partial charge >= 0.3 is 5.97 Å². The monoisotopic (exact) mass is 237 g/mol. The summed E-state index contributed by atoms with van der Waals surface area (Å²) in [5.74, 6) is -0.918. The zero-order valence-electron chi connectivity index (χ0n) is 9.55. The number of nitrogens with two attached hydrogens (primary N) is 1. The Bertz CT molecular complexity index is 778. The van der Waals surface area contributed by atoms with Crippen LogP contribution in [0.2, 0.25) is 0 Å². The number of hydrogen-bond donors (Lipinski definition) is 2. The SMILES string of the molecule is Nc1cccc2cc3ccc(C(=O)O)cc3cc12. The summed E-state index contributed by atoms with van der Waals surface area (Å²) in [6.45, 7) is 0. The van der Waals surface area contributed by atoms with Gasteiger partial charge in [0.05, 0.1) is 5.56 Å². The lowest BCUT2D eigenvalue weighted by molar-refractivity contribution is 0.0697. The van der Waals surface area contributed by atoms with E-state index in [1.807, 2.05) is 36.4 Å². The predicted molar refractivity (Wildman–Crippen MR) is 72.8 cm³/mol. The maximum Gasteiger partial charge on any atom is 0.335 e. The summed E-state index contributed by atoms with van der Waals surface area (Å²) in [6, 6.07) is 14.8. The zero-order valence-corrected chi connectivity index (χ0v) is 9.55. The number of nitrogen functional groups attached to an aromatic ring is 1. The Balaban J connectivity index is 2.39. The van der Waals surface area contributed by atoms with Gasteiger partial charge in [0.1, 0.15) is 0 Å². The first kappa shape index (κ1) is 10.6. The second-order valence-corrected chi connectivity index (χ2v) is 4.29. The van der Waals surface area contributed by atoms with Crippen LogP contribution in [0.15, 0.2) is 48.5 Å². The van der Waals surface area contributed by atoms with Crippen LogP contribution in [0.5, 0.6) is 0 Å². The van der Waals surface area contributed by atoms with Crippen LogP contribution in [0.4, 0.5) is 5.69 Å². The molecule has 0 unspecified atom stereocenters. The molecule has 0 spiro atoms. The van der Waals surface area contributed by atoms with Crippen molar-refractivity contribution in [3.8, 4) is 0 Å². The quantitative estimate of drug-likeness (QED) is 0.504. The standard InChI is InChI=1S/C15H11NO2/c16-14-3-1-2-10-6-9-4-5-11(15(17)18)7-12(9)8-13(10)14/h1-8H,16H2,(H,17,18). The third-order valence-electron chi connectivity index (χ3n) is 3.12. The highest BCUT2D eigenvalue weighted by Gasteiger charge is 2.05. The highest BCUT2D eigenvalue weighted by atomic mass is 16.4. The second kappa shape index (κ2) is 3.74. The van der Waals surface area contributed by atoms with Gasteiger partial charge in [0.25, 0.3) is 0 Å². The Morgan fingerprint density at radius 1 is 0.944 bits per heavy atom. The molecule has 3 heteroatoms. The molecule has 18 heavy (non-hydrogen) atoms. The summed E-state index contributed by atoms with van der Waals surface area (Å²) < 4.78 is 0. The number of hydrogen-bond acceptors (Lipinski definition) is 2. The Morgan fingerprint density at radius 3 is 2.56 bits per heavy atom. The third-order valence-corrected chi connectivity index (χ3v) is 3.12. The van der Waals surface area contributed by atoms with Crippen molar-refractivity contribution in [2.24, 2.45) is 0 Å². The number of rotatable bonds is 1. The average molecular weight is 237 g/mol. The number of anilines is 1. The number of aromatic carboxylic acids is 1. The summed E-state index contributed by atoms with van der Waals surface area (Å²) in [4.78, 5) is 11.0. The van der Waals surface area contributed by atoms with Crippen molar-refractivity contribution in [3.63, 3.8) is 0 Å². The number of carboxylic acid groups (broad SMARTS) is 1. The van der Waals surface area contributed by atoms with Crippen LogP contribution in [0.25, 0.3) is 21.5 Å². The molecule has 3 N–H and O–H groups in total. The van der Waals surface area contributed by atoms with E-state index in [9.17, 15) is 4.79 Å². The first-order valence-corrected chi connectivity index (χ1v) is 5.60. The molecule has 0 aliphatic heterocycles. The molecule has 88 valence electrons. The van der Waals surface area contributed by atoms with E-state index in [0.717, 1.165) is 21.5 Å². The number of fused-ring (bicyclic) bond motifs is 2. The van der Waals surface area contributed by atoms with Crippen LogP contribution in [0.1, 0.15) is 10.4 Å². The van der Waals surface area contributed by atoms with Gasteiger partial charge in [-0.2, -0.15) is 0 Å². The van der Waals surface area contributed by atoms with Gasteiger partial charge in [-0.05, 0) is 46.5 Å². The molecule has 0 radical (unpaired) electrons. The minimum Gasteiger partial charge on any atom is -0.478 e. The van der Waals surface area contributed by atoms with E-state index >= 15 is 0 Å². The van der Waals surface area contributed by atoms with Crippen molar-refractivity contribution < 1.29 is 9.90 Å². The third kappa shape index (κ3) is 1.57. The maximum atomic E-state index is 11.0. The van der Waals surface area contributed by atoms with Gasteiger partial charge in [0, 0.05) is 11.1 Å². The summed E-state index contributed by atoms with van der Waals surface area (Å²) in [6.07, 6.45) is 0. The molecule has 0 saturated carbocycles. The molecule has 0 bridgehead atoms. The molecular weight excluding hydrogens is 226 g/mol. The molecule has 0 fully saturated rings. The molecule has 0 aliphatic rings. The number of carboxylic acids is 1. The maximum absolute atomic E-state index is 11.0. The Morgan fingerprint density at radius 2 is 1.78 bits per heavy atom. The fourth-order valence-electron chi connectivity index (χ4n) is 2.18. The summed E-state index contributed by atoms with van der Waals surface area (Å²) >= 11 is 0. The Hall–Kier alpha value is -2.55. The van der Waals surface area contributed by atoms with E-state index in [1.54, 1.807) is 12.1 Å². The van der Waals surface area contributed by atoms with Gasteiger partial charge in [-0.1, -0.05) is 18.2 Å². The van der Waals surface area contributed by atoms with Crippen LogP contribution in [0, 0.1) is 0 Å². The van der Waals surface area contributed by atoms with E-state index in [0.29, 0.717) is 5.69 Å². The van der Waals surface area contributed by atoms with Gasteiger partial charge < -0.3 is 10.8 Å². The molecular formula is C15H11NO2. The second-order valence-electron chi connectivity index (χ2n) is 4.29. The molecule has 0 amide bonds. The summed E-state index contributed by atoms with van der Waals surface area (Å²) in [5.41, 5.74) is 6.92. The van der Waals surface area contributed by atoms with E-state index in [1.165, 1.54) is 0 Å². The molecule has 3 aromatic rings. The first-order valence-electron chi connectivity index (χ1n) is 5.60. The van der Waals surface area contributed by atoms with Crippen LogP contribution < -0.4 is 5.73 Å². The van der Waals surface area contributed by atoms with Gasteiger partial charge in [-0.3, -0.25) is 0 Å². The van der Waals surface area contributed by atoms with Crippen molar-refractivity contribution >= 4 is 33.2 Å². The van der Waals surface area contributed by atoms with Crippen molar-refractivity contribution in [1.82, 2.24) is 0 Å². The summed E-state index contributed by atoms with van der Waals surface area (Å²) in [5, 5.41) is 12.9. The molecule has 0 aliphatic carbocycles. The van der Waals surface area contributed by atoms with Crippen molar-refractivity contribution in [3.05, 3.63) is 54.1 Å². The van der Waals surface area contributed by atoms with Gasteiger partial charge in [0.2, 0.25) is 0 Å². The lowest BCUT2D eigenvalue weighted by atomic mass is 10.0. The molecule has 3 rings (SSSR count). The highest BCUT2D eigenvalue weighted by Crippen LogP contribution is 2.27. The fraction of sp³-hybridized carbons (Fsp3) is 0.